The van der Waals surface area contributed by atoms with Crippen molar-refractivity contribution >= 4 is 11.3 Å². The van der Waals surface area contributed by atoms with Crippen molar-refractivity contribution in [2.75, 3.05) is 6.54 Å². The van der Waals surface area contributed by atoms with Crippen LogP contribution in [0.3, 0.4) is 0 Å². The van der Waals surface area contributed by atoms with Gasteiger partial charge in [0, 0.05) is 32.6 Å². The smallest absolute Gasteiger partial charge is 0.266 e. The first-order valence-corrected chi connectivity index (χ1v) is 8.67. The number of rotatable bonds is 3. The maximum Gasteiger partial charge on any atom is 0.266 e. The molecule has 0 N–H and O–H groups in total. The highest BCUT2D eigenvalue weighted by Crippen LogP contribution is 2.29. The molecular weight excluding hydrogens is 326 g/mol. The molecule has 0 saturated heterocycles. The molecule has 0 fully saturated rings. The topological polar surface area (TPSA) is 77.1 Å². The van der Waals surface area contributed by atoms with Gasteiger partial charge in [0.2, 0.25) is 5.89 Å². The van der Waals surface area contributed by atoms with Gasteiger partial charge < -0.3 is 4.42 Å². The molecule has 4 rings (SSSR count). The molecule has 7 nitrogen and oxygen atoms in total. The number of thiophene rings is 1. The second-order valence-electron chi connectivity index (χ2n) is 5.90. The summed E-state index contributed by atoms with van der Waals surface area (Å²) in [6, 6.07) is 5.59. The molecule has 0 aromatic carbocycles. The maximum absolute atomic E-state index is 11.8. The summed E-state index contributed by atoms with van der Waals surface area (Å²) in [5, 5.41) is 14.7. The van der Waals surface area contributed by atoms with E-state index in [0.717, 1.165) is 29.1 Å². The lowest BCUT2D eigenvalue weighted by molar-refractivity contribution is 0.165. The van der Waals surface area contributed by atoms with Crippen LogP contribution in [0.15, 0.2) is 32.8 Å². The van der Waals surface area contributed by atoms with E-state index in [4.69, 9.17) is 4.42 Å². The quantitative estimate of drug-likeness (QED) is 0.724. The van der Waals surface area contributed by atoms with Gasteiger partial charge in [-0.25, -0.2) is 4.68 Å². The predicted molar refractivity (Wildman–Crippen MR) is 89.6 cm³/mol. The number of hydrogen-bond donors (Lipinski definition) is 0. The van der Waals surface area contributed by atoms with Crippen molar-refractivity contribution in [3.05, 3.63) is 51.1 Å². The zero-order valence-electron chi connectivity index (χ0n) is 13.5. The standard InChI is InChI=1S/C16H17N5O2S/c1-10(15-17-18-16(23-15)13-4-3-7-24-13)21-6-5-12-11(9-21)8-14(22)20(2)19-12/h3-4,7-8,10H,5-6,9H2,1-2H3. The summed E-state index contributed by atoms with van der Waals surface area (Å²) in [6.45, 7) is 3.55. The molecule has 24 heavy (non-hydrogen) atoms. The molecule has 0 saturated carbocycles. The molecule has 1 atom stereocenters. The van der Waals surface area contributed by atoms with Gasteiger partial charge in [0.25, 0.3) is 11.4 Å². The van der Waals surface area contributed by atoms with Gasteiger partial charge in [0.1, 0.15) is 0 Å². The molecule has 0 radical (unpaired) electrons. The average molecular weight is 343 g/mol. The molecule has 0 spiro atoms. The molecule has 0 aliphatic carbocycles. The maximum atomic E-state index is 11.8. The Bertz CT molecular complexity index is 915. The van der Waals surface area contributed by atoms with Crippen LogP contribution in [0.25, 0.3) is 10.8 Å². The monoisotopic (exact) mass is 343 g/mol. The van der Waals surface area contributed by atoms with Crippen molar-refractivity contribution in [3.63, 3.8) is 0 Å². The van der Waals surface area contributed by atoms with E-state index in [1.54, 1.807) is 24.5 Å². The lowest BCUT2D eigenvalue weighted by Gasteiger charge is -2.31. The number of nitrogens with zero attached hydrogens (tertiary/aromatic N) is 5. The Hall–Kier alpha value is -2.32. The molecule has 3 aromatic heterocycles. The van der Waals surface area contributed by atoms with Crippen LogP contribution in [0.1, 0.15) is 30.1 Å². The van der Waals surface area contributed by atoms with Gasteiger partial charge in [-0.3, -0.25) is 9.69 Å². The molecule has 0 amide bonds. The molecule has 124 valence electrons. The SMILES string of the molecule is CC(c1nnc(-c2cccs2)o1)N1CCc2nn(C)c(=O)cc2C1. The van der Waals surface area contributed by atoms with E-state index < -0.39 is 0 Å². The Morgan fingerprint density at radius 3 is 3.04 bits per heavy atom. The van der Waals surface area contributed by atoms with Crippen molar-refractivity contribution in [1.82, 2.24) is 24.9 Å². The van der Waals surface area contributed by atoms with Crippen molar-refractivity contribution < 1.29 is 4.42 Å². The number of aryl methyl sites for hydroxylation is 1. The minimum Gasteiger partial charge on any atom is -0.418 e. The highest BCUT2D eigenvalue weighted by molar-refractivity contribution is 7.13. The van der Waals surface area contributed by atoms with Crippen LogP contribution >= 0.6 is 11.3 Å². The second kappa shape index (κ2) is 5.95. The molecular formula is C16H17N5O2S. The molecule has 0 bridgehead atoms. The molecule has 1 aliphatic heterocycles. The first kappa shape index (κ1) is 15.2. The average Bonchev–Trinajstić information content (AvgIpc) is 3.26. The lowest BCUT2D eigenvalue weighted by Crippen LogP contribution is -2.36. The Balaban J connectivity index is 1.56. The molecule has 3 aromatic rings. The van der Waals surface area contributed by atoms with E-state index in [9.17, 15) is 4.79 Å². The van der Waals surface area contributed by atoms with Gasteiger partial charge in [-0.15, -0.1) is 21.5 Å². The van der Waals surface area contributed by atoms with Gasteiger partial charge in [-0.2, -0.15) is 5.10 Å². The van der Waals surface area contributed by atoms with Crippen LogP contribution in [0, 0.1) is 0 Å². The van der Waals surface area contributed by atoms with Gasteiger partial charge in [0.15, 0.2) is 0 Å². The zero-order chi connectivity index (χ0) is 16.7. The van der Waals surface area contributed by atoms with Crippen LogP contribution in [-0.4, -0.2) is 31.4 Å². The van der Waals surface area contributed by atoms with Crippen LogP contribution < -0.4 is 5.56 Å². The zero-order valence-corrected chi connectivity index (χ0v) is 14.3. The van der Waals surface area contributed by atoms with Gasteiger partial charge >= 0.3 is 0 Å². The minimum atomic E-state index is -0.0824. The Kier molecular flexibility index (Phi) is 3.78. The minimum absolute atomic E-state index is 0.0107. The summed E-state index contributed by atoms with van der Waals surface area (Å²) in [4.78, 5) is 15.0. The fourth-order valence-corrected chi connectivity index (χ4v) is 3.55. The summed E-state index contributed by atoms with van der Waals surface area (Å²) >= 11 is 1.58. The van der Waals surface area contributed by atoms with Crippen molar-refractivity contribution in [3.8, 4) is 10.8 Å². The normalized spacial score (nSPS) is 16.1. The third kappa shape index (κ3) is 2.67. The fourth-order valence-electron chi connectivity index (χ4n) is 2.91. The highest BCUT2D eigenvalue weighted by atomic mass is 32.1. The summed E-state index contributed by atoms with van der Waals surface area (Å²) in [5.74, 6) is 1.15. The van der Waals surface area contributed by atoms with Crippen LogP contribution in [0.2, 0.25) is 0 Å². The van der Waals surface area contributed by atoms with E-state index in [0.29, 0.717) is 18.3 Å². The molecule has 4 heterocycles. The van der Waals surface area contributed by atoms with E-state index in [2.05, 4.69) is 20.2 Å². The summed E-state index contributed by atoms with van der Waals surface area (Å²) < 4.78 is 7.23. The van der Waals surface area contributed by atoms with E-state index >= 15 is 0 Å². The van der Waals surface area contributed by atoms with Crippen LogP contribution in [0.4, 0.5) is 0 Å². The number of hydrogen-bond acceptors (Lipinski definition) is 7. The van der Waals surface area contributed by atoms with Crippen molar-refractivity contribution in [2.45, 2.75) is 25.9 Å². The van der Waals surface area contributed by atoms with Crippen LogP contribution in [-0.2, 0) is 20.0 Å². The highest BCUT2D eigenvalue weighted by Gasteiger charge is 2.27. The third-order valence-corrected chi connectivity index (χ3v) is 5.20. The predicted octanol–water partition coefficient (Wildman–Crippen LogP) is 2.01. The number of aromatic nitrogens is 4. The molecule has 1 unspecified atom stereocenters. The molecule has 1 aliphatic rings. The largest absolute Gasteiger partial charge is 0.418 e. The summed E-state index contributed by atoms with van der Waals surface area (Å²) in [7, 11) is 1.68. The second-order valence-corrected chi connectivity index (χ2v) is 6.85. The van der Waals surface area contributed by atoms with Crippen molar-refractivity contribution in [1.29, 1.82) is 0 Å². The Morgan fingerprint density at radius 2 is 2.25 bits per heavy atom. The van der Waals surface area contributed by atoms with Crippen LogP contribution in [0.5, 0.6) is 0 Å². The lowest BCUT2D eigenvalue weighted by atomic mass is 10.0. The van der Waals surface area contributed by atoms with E-state index in [-0.39, 0.29) is 11.6 Å². The van der Waals surface area contributed by atoms with E-state index in [1.165, 1.54) is 4.68 Å². The first-order valence-electron chi connectivity index (χ1n) is 7.79. The summed E-state index contributed by atoms with van der Waals surface area (Å²) in [6.07, 6.45) is 0.805. The van der Waals surface area contributed by atoms with Crippen molar-refractivity contribution in [2.24, 2.45) is 7.05 Å². The summed E-state index contributed by atoms with van der Waals surface area (Å²) in [5.41, 5.74) is 1.89. The first-order chi connectivity index (χ1) is 11.6. The van der Waals surface area contributed by atoms with Gasteiger partial charge in [0.05, 0.1) is 16.6 Å². The number of fused-ring (bicyclic) bond motifs is 1. The van der Waals surface area contributed by atoms with Gasteiger partial charge in [-0.05, 0) is 23.9 Å². The van der Waals surface area contributed by atoms with Gasteiger partial charge in [-0.1, -0.05) is 6.07 Å². The van der Waals surface area contributed by atoms with E-state index in [1.807, 2.05) is 24.4 Å². The molecule has 8 heteroatoms. The fraction of sp³-hybridized carbons (Fsp3) is 0.375. The third-order valence-electron chi connectivity index (χ3n) is 4.34. The Morgan fingerprint density at radius 1 is 1.38 bits per heavy atom. The Labute approximate surface area is 142 Å².